The number of unbranched alkanes of at least 4 members (excludes halogenated alkanes) is 3. The van der Waals surface area contributed by atoms with Gasteiger partial charge in [0, 0.05) is 0 Å². The molecule has 0 bridgehead atoms. The molecule has 1 heterocycles. The second-order valence-electron chi connectivity index (χ2n) is 5.18. The summed E-state index contributed by atoms with van der Waals surface area (Å²) in [6, 6.07) is 0. The Labute approximate surface area is 191 Å². The summed E-state index contributed by atoms with van der Waals surface area (Å²) in [5.41, 5.74) is 0. The Morgan fingerprint density at radius 3 is 1.04 bits per heavy atom. The van der Waals surface area contributed by atoms with Gasteiger partial charge in [0.1, 0.15) is 0 Å². The third kappa shape index (κ3) is 13.3. The second kappa shape index (κ2) is 18.2. The van der Waals surface area contributed by atoms with Crippen molar-refractivity contribution in [2.24, 2.45) is 0 Å². The molecule has 0 radical (unpaired) electrons. The first-order valence-corrected chi connectivity index (χ1v) is 16.3. The van der Waals surface area contributed by atoms with E-state index >= 15 is 0 Å². The molecule has 0 atom stereocenters. The predicted molar refractivity (Wildman–Crippen MR) is 141 cm³/mol. The van der Waals surface area contributed by atoms with E-state index in [1.54, 1.807) is 0 Å². The van der Waals surface area contributed by atoms with E-state index in [1.165, 1.54) is 55.8 Å². The second-order valence-corrected chi connectivity index (χ2v) is 16.5. The van der Waals surface area contributed by atoms with Gasteiger partial charge in [-0.05, 0) is 73.0 Å². The zero-order valence-electron chi connectivity index (χ0n) is 14.0. The molecular formula is C15H30S9. The fourth-order valence-electron chi connectivity index (χ4n) is 1.78. The summed E-state index contributed by atoms with van der Waals surface area (Å²) >= 11 is 26.0. The van der Waals surface area contributed by atoms with E-state index in [0.717, 1.165) is 17.3 Å². The predicted octanol–water partition coefficient (Wildman–Crippen LogP) is 7.38. The molecule has 24 heavy (non-hydrogen) atoms. The molecule has 0 N–H and O–H groups in total. The van der Waals surface area contributed by atoms with Gasteiger partial charge in [-0.1, -0.05) is 0 Å². The van der Waals surface area contributed by atoms with E-state index in [0.29, 0.717) is 11.7 Å². The maximum atomic E-state index is 4.32. The number of hydrogen-bond donors (Lipinski definition) is 3. The van der Waals surface area contributed by atoms with Crippen LogP contribution in [0, 0.1) is 0 Å². The van der Waals surface area contributed by atoms with Crippen LogP contribution in [0.5, 0.6) is 0 Å². The van der Waals surface area contributed by atoms with Gasteiger partial charge in [-0.25, -0.2) is 0 Å². The molecule has 0 saturated carbocycles. The van der Waals surface area contributed by atoms with Crippen LogP contribution >= 0.6 is 108 Å². The van der Waals surface area contributed by atoms with Gasteiger partial charge in [-0.2, -0.15) is 37.9 Å². The highest BCUT2D eigenvalue weighted by Crippen LogP contribution is 2.57. The summed E-state index contributed by atoms with van der Waals surface area (Å²) in [6.07, 6.45) is 7.65. The van der Waals surface area contributed by atoms with Gasteiger partial charge < -0.3 is 0 Å². The molecule has 9 heteroatoms. The van der Waals surface area contributed by atoms with Gasteiger partial charge in [-0.3, -0.25) is 0 Å². The van der Waals surface area contributed by atoms with Gasteiger partial charge >= 0.3 is 0 Å². The molecule has 0 aromatic heterocycles. The van der Waals surface area contributed by atoms with Crippen molar-refractivity contribution < 1.29 is 0 Å². The van der Waals surface area contributed by atoms with E-state index in [2.05, 4.69) is 108 Å². The molecule has 0 amide bonds. The summed E-state index contributed by atoms with van der Waals surface area (Å²) in [6.45, 7) is 0. The Kier molecular flexibility index (Phi) is 19.1. The number of thioether (sulfide) groups is 6. The van der Waals surface area contributed by atoms with Gasteiger partial charge in [-0.15, -0.1) is 70.6 Å². The highest BCUT2D eigenvalue weighted by Gasteiger charge is 2.31. The molecule has 0 aliphatic carbocycles. The Morgan fingerprint density at radius 1 is 0.500 bits per heavy atom. The van der Waals surface area contributed by atoms with E-state index in [4.69, 9.17) is 0 Å². The first-order chi connectivity index (χ1) is 11.8. The maximum Gasteiger partial charge on any atom is 0.0994 e. The van der Waals surface area contributed by atoms with Gasteiger partial charge in [0.2, 0.25) is 0 Å². The lowest BCUT2D eigenvalue weighted by molar-refractivity contribution is 0.910. The molecule has 1 saturated heterocycles. The molecule has 1 aliphatic heterocycles. The molecular weight excluding hydrogens is 469 g/mol. The van der Waals surface area contributed by atoms with E-state index < -0.39 is 0 Å². The molecule has 1 aliphatic rings. The van der Waals surface area contributed by atoms with Crippen LogP contribution in [-0.4, -0.2) is 46.3 Å². The Hall–Kier alpha value is 3.15. The van der Waals surface area contributed by atoms with Crippen molar-refractivity contribution in [2.75, 3.05) is 34.5 Å². The highest BCUT2D eigenvalue weighted by molar-refractivity contribution is 8.51. The Morgan fingerprint density at radius 2 is 0.792 bits per heavy atom. The molecule has 1 rings (SSSR count). The van der Waals surface area contributed by atoms with Crippen LogP contribution in [0.3, 0.4) is 0 Å². The first kappa shape index (κ1) is 25.2. The molecule has 144 valence electrons. The normalized spacial score (nSPS) is 24.4. The third-order valence-electron chi connectivity index (χ3n) is 3.09. The summed E-state index contributed by atoms with van der Waals surface area (Å²) in [4.78, 5) is 0. The van der Waals surface area contributed by atoms with E-state index in [9.17, 15) is 0 Å². The average molecular weight is 499 g/mol. The lowest BCUT2D eigenvalue weighted by Gasteiger charge is -2.32. The molecule has 0 aromatic carbocycles. The van der Waals surface area contributed by atoms with E-state index in [1.807, 2.05) is 0 Å². The van der Waals surface area contributed by atoms with Crippen LogP contribution in [0.2, 0.25) is 0 Å². The lowest BCUT2D eigenvalue weighted by atomic mass is 10.4. The largest absolute Gasteiger partial charge is 0.179 e. The van der Waals surface area contributed by atoms with Crippen LogP contribution in [0.15, 0.2) is 0 Å². The maximum absolute atomic E-state index is 4.32. The summed E-state index contributed by atoms with van der Waals surface area (Å²) in [5, 5.41) is 0. The van der Waals surface area contributed by atoms with Crippen LogP contribution in [0.4, 0.5) is 0 Å². The summed E-state index contributed by atoms with van der Waals surface area (Å²) in [5.74, 6) is 6.91. The van der Waals surface area contributed by atoms with Gasteiger partial charge in [0.05, 0.1) is 11.7 Å². The number of thiol groups is 3. The number of hydrogen-bond acceptors (Lipinski definition) is 9. The monoisotopic (exact) mass is 498 g/mol. The van der Waals surface area contributed by atoms with Crippen LogP contribution < -0.4 is 0 Å². The van der Waals surface area contributed by atoms with E-state index in [-0.39, 0.29) is 0 Å². The minimum absolute atomic E-state index is 0.705. The minimum atomic E-state index is 0.705. The van der Waals surface area contributed by atoms with Crippen molar-refractivity contribution in [1.29, 1.82) is 0 Å². The Balaban J connectivity index is 2.33. The molecule has 0 aromatic rings. The van der Waals surface area contributed by atoms with Crippen molar-refractivity contribution in [3.05, 3.63) is 0 Å². The standard InChI is InChI=1S/C15H30S9/c16-7-1-4-10-19-13-22-14(20-11-5-2-8-17)24-15(23-13)21-12-6-3-9-18/h13-18H,1-12H2. The summed E-state index contributed by atoms with van der Waals surface area (Å²) < 4.78 is 2.11. The topological polar surface area (TPSA) is 0 Å². The fraction of sp³-hybridized carbons (Fsp3) is 1.00. The van der Waals surface area contributed by atoms with Crippen LogP contribution in [0.1, 0.15) is 38.5 Å². The average Bonchev–Trinajstić information content (AvgIpc) is 2.59. The number of rotatable bonds is 15. The first-order valence-electron chi connectivity index (χ1n) is 8.44. The van der Waals surface area contributed by atoms with Gasteiger partial charge in [0.15, 0.2) is 0 Å². The molecule has 0 nitrogen and oxygen atoms in total. The quantitative estimate of drug-likeness (QED) is 0.158. The zero-order valence-corrected chi connectivity index (χ0v) is 21.6. The van der Waals surface area contributed by atoms with Crippen molar-refractivity contribution in [3.8, 4) is 0 Å². The molecule has 0 unspecified atom stereocenters. The van der Waals surface area contributed by atoms with Crippen molar-refractivity contribution >= 4 is 108 Å². The molecule has 1 fully saturated rings. The SMILES string of the molecule is SCCCCSC1SC(SCCCCS)SC(SCCCCS)S1. The fourth-order valence-corrected chi connectivity index (χ4v) is 15.6. The van der Waals surface area contributed by atoms with Crippen molar-refractivity contribution in [2.45, 2.75) is 50.3 Å². The van der Waals surface area contributed by atoms with Crippen LogP contribution in [-0.2, 0) is 0 Å². The summed E-state index contributed by atoms with van der Waals surface area (Å²) in [7, 11) is 0. The van der Waals surface area contributed by atoms with Crippen molar-refractivity contribution in [1.82, 2.24) is 0 Å². The van der Waals surface area contributed by atoms with Crippen molar-refractivity contribution in [3.63, 3.8) is 0 Å². The smallest absolute Gasteiger partial charge is 0.0994 e. The lowest BCUT2D eigenvalue weighted by Crippen LogP contribution is -2.13. The highest BCUT2D eigenvalue weighted by atomic mass is 32.3. The molecule has 0 spiro atoms. The third-order valence-corrected chi connectivity index (χ3v) is 14.2. The minimum Gasteiger partial charge on any atom is -0.179 e. The zero-order chi connectivity index (χ0) is 17.5. The van der Waals surface area contributed by atoms with Crippen LogP contribution in [0.25, 0.3) is 0 Å². The van der Waals surface area contributed by atoms with Gasteiger partial charge in [0.25, 0.3) is 0 Å². The Bertz CT molecular complexity index is 231.